The van der Waals surface area contributed by atoms with Gasteiger partial charge in [-0.3, -0.25) is 9.59 Å². The first kappa shape index (κ1) is 18.4. The van der Waals surface area contributed by atoms with Crippen molar-refractivity contribution in [2.24, 2.45) is 5.92 Å². The van der Waals surface area contributed by atoms with E-state index in [1.165, 1.54) is 24.3 Å². The lowest BCUT2D eigenvalue weighted by Crippen LogP contribution is -2.36. The third-order valence-electron chi connectivity index (χ3n) is 3.03. The van der Waals surface area contributed by atoms with E-state index >= 15 is 0 Å². The molecule has 0 heterocycles. The highest BCUT2D eigenvalue weighted by molar-refractivity contribution is 7.92. The van der Waals surface area contributed by atoms with Crippen LogP contribution in [0.15, 0.2) is 29.2 Å². The first-order valence-corrected chi connectivity index (χ1v) is 8.77. The molecule has 0 aromatic heterocycles. The highest BCUT2D eigenvalue weighted by Gasteiger charge is 2.21. The molecule has 0 spiro atoms. The number of carboxylic acids is 1. The van der Waals surface area contributed by atoms with Gasteiger partial charge in [0.25, 0.3) is 0 Å². The smallest absolute Gasteiger partial charge is 0.308 e. The van der Waals surface area contributed by atoms with Gasteiger partial charge in [0.05, 0.1) is 10.8 Å². The highest BCUT2D eigenvalue weighted by Crippen LogP contribution is 2.15. The molecule has 1 amide bonds. The Morgan fingerprint density at radius 1 is 1.27 bits per heavy atom. The van der Waals surface area contributed by atoms with Gasteiger partial charge in [-0.1, -0.05) is 24.9 Å². The minimum atomic E-state index is -3.77. The van der Waals surface area contributed by atoms with E-state index in [1.54, 1.807) is 0 Å². The van der Waals surface area contributed by atoms with Crippen molar-refractivity contribution in [2.75, 3.05) is 12.3 Å². The molecule has 0 fully saturated rings. The molecule has 2 N–H and O–H groups in total. The summed E-state index contributed by atoms with van der Waals surface area (Å²) in [5.41, 5.74) is 0. The van der Waals surface area contributed by atoms with Crippen LogP contribution in [0, 0.1) is 5.92 Å². The van der Waals surface area contributed by atoms with E-state index in [9.17, 15) is 18.0 Å². The van der Waals surface area contributed by atoms with E-state index in [-0.39, 0.29) is 11.4 Å². The Balaban J connectivity index is 2.64. The van der Waals surface area contributed by atoms with Gasteiger partial charge in [-0.25, -0.2) is 8.42 Å². The van der Waals surface area contributed by atoms with Crippen LogP contribution in [0.25, 0.3) is 0 Å². The van der Waals surface area contributed by atoms with Crippen molar-refractivity contribution >= 4 is 33.3 Å². The van der Waals surface area contributed by atoms with Gasteiger partial charge >= 0.3 is 5.97 Å². The Kier molecular flexibility index (Phi) is 6.83. The fraction of sp³-hybridized carbons (Fsp3) is 0.429. The van der Waals surface area contributed by atoms with Crippen molar-refractivity contribution in [3.8, 4) is 0 Å². The Morgan fingerprint density at radius 2 is 1.86 bits per heavy atom. The third-order valence-corrected chi connectivity index (χ3v) is 4.91. The minimum Gasteiger partial charge on any atom is -0.481 e. The van der Waals surface area contributed by atoms with Crippen molar-refractivity contribution in [3.63, 3.8) is 0 Å². The van der Waals surface area contributed by atoms with Gasteiger partial charge in [-0.15, -0.1) is 0 Å². The molecule has 22 heavy (non-hydrogen) atoms. The van der Waals surface area contributed by atoms with Crippen LogP contribution < -0.4 is 5.32 Å². The van der Waals surface area contributed by atoms with Crippen LogP contribution in [-0.2, 0) is 19.4 Å². The monoisotopic (exact) mass is 347 g/mol. The van der Waals surface area contributed by atoms with Gasteiger partial charge < -0.3 is 10.4 Å². The summed E-state index contributed by atoms with van der Waals surface area (Å²) in [4.78, 5) is 22.7. The van der Waals surface area contributed by atoms with E-state index in [2.05, 4.69) is 5.32 Å². The molecule has 0 saturated heterocycles. The number of amides is 1. The lowest BCUT2D eigenvalue weighted by molar-refractivity contribution is -0.141. The maximum Gasteiger partial charge on any atom is 0.308 e. The van der Waals surface area contributed by atoms with Gasteiger partial charge in [0, 0.05) is 11.6 Å². The predicted molar refractivity (Wildman–Crippen MR) is 82.5 cm³/mol. The normalized spacial score (nSPS) is 12.6. The Hall–Kier alpha value is -1.60. The van der Waals surface area contributed by atoms with Crippen LogP contribution in [-0.4, -0.2) is 37.7 Å². The molecule has 0 aliphatic heterocycles. The number of benzene rings is 1. The summed E-state index contributed by atoms with van der Waals surface area (Å²) in [5.74, 6) is -3.18. The van der Waals surface area contributed by atoms with E-state index in [0.29, 0.717) is 17.9 Å². The molecular weight excluding hydrogens is 330 g/mol. The predicted octanol–water partition coefficient (Wildman–Crippen LogP) is 1.73. The van der Waals surface area contributed by atoms with E-state index in [4.69, 9.17) is 16.7 Å². The average Bonchev–Trinajstić information content (AvgIpc) is 2.43. The SMILES string of the molecule is CCCC(CNC(=O)CS(=O)(=O)c1ccc(Cl)cc1)C(=O)O. The van der Waals surface area contributed by atoms with Gasteiger partial charge in [-0.2, -0.15) is 0 Å². The number of hydrogen-bond donors (Lipinski definition) is 2. The Labute approximate surface area is 134 Å². The Bertz CT molecular complexity index is 627. The van der Waals surface area contributed by atoms with Crippen LogP contribution >= 0.6 is 11.6 Å². The molecule has 0 saturated carbocycles. The summed E-state index contributed by atoms with van der Waals surface area (Å²) in [6, 6.07) is 5.49. The van der Waals surface area contributed by atoms with Crippen LogP contribution in [0.4, 0.5) is 0 Å². The highest BCUT2D eigenvalue weighted by atomic mass is 35.5. The largest absolute Gasteiger partial charge is 0.481 e. The average molecular weight is 348 g/mol. The maximum absolute atomic E-state index is 12.0. The zero-order valence-corrected chi connectivity index (χ0v) is 13.7. The molecule has 0 radical (unpaired) electrons. The number of carbonyl (C=O) groups is 2. The van der Waals surface area contributed by atoms with Crippen molar-refractivity contribution in [2.45, 2.75) is 24.7 Å². The zero-order valence-electron chi connectivity index (χ0n) is 12.1. The molecule has 6 nitrogen and oxygen atoms in total. The number of carboxylic acid groups (broad SMARTS) is 1. The first-order valence-electron chi connectivity index (χ1n) is 6.74. The van der Waals surface area contributed by atoms with Crippen molar-refractivity contribution in [1.29, 1.82) is 0 Å². The zero-order chi connectivity index (χ0) is 16.8. The third kappa shape index (κ3) is 5.65. The maximum atomic E-state index is 12.0. The van der Waals surface area contributed by atoms with E-state index in [0.717, 1.165) is 0 Å². The molecule has 0 aliphatic rings. The van der Waals surface area contributed by atoms with Crippen LogP contribution in [0.5, 0.6) is 0 Å². The lowest BCUT2D eigenvalue weighted by atomic mass is 10.0. The van der Waals surface area contributed by atoms with Crippen molar-refractivity contribution in [3.05, 3.63) is 29.3 Å². The molecule has 1 atom stereocenters. The molecule has 8 heteroatoms. The second-order valence-corrected chi connectivity index (χ2v) is 7.27. The quantitative estimate of drug-likeness (QED) is 0.745. The van der Waals surface area contributed by atoms with Gasteiger partial charge in [-0.05, 0) is 30.7 Å². The number of hydrogen-bond acceptors (Lipinski definition) is 4. The number of aliphatic carboxylic acids is 1. The number of sulfone groups is 1. The van der Waals surface area contributed by atoms with Crippen LogP contribution in [0.3, 0.4) is 0 Å². The first-order chi connectivity index (χ1) is 10.3. The molecule has 122 valence electrons. The number of rotatable bonds is 8. The van der Waals surface area contributed by atoms with Gasteiger partial charge in [0.15, 0.2) is 9.84 Å². The number of halogens is 1. The summed E-state index contributed by atoms with van der Waals surface area (Å²) < 4.78 is 24.1. The topological polar surface area (TPSA) is 101 Å². The summed E-state index contributed by atoms with van der Waals surface area (Å²) in [6.07, 6.45) is 1.08. The summed E-state index contributed by atoms with van der Waals surface area (Å²) >= 11 is 5.68. The second kappa shape index (κ2) is 8.14. The van der Waals surface area contributed by atoms with Crippen molar-refractivity contribution in [1.82, 2.24) is 5.32 Å². The second-order valence-electron chi connectivity index (χ2n) is 4.84. The van der Waals surface area contributed by atoms with E-state index < -0.39 is 33.4 Å². The fourth-order valence-corrected chi connectivity index (χ4v) is 3.14. The minimum absolute atomic E-state index is 0.00427. The Morgan fingerprint density at radius 3 is 2.36 bits per heavy atom. The van der Waals surface area contributed by atoms with Gasteiger partial charge in [0.2, 0.25) is 5.91 Å². The standard InChI is InChI=1S/C14H18ClNO5S/c1-2-3-10(14(18)19)8-16-13(17)9-22(20,21)12-6-4-11(15)5-7-12/h4-7,10H,2-3,8-9H2,1H3,(H,16,17)(H,18,19). The molecule has 0 aliphatic carbocycles. The van der Waals surface area contributed by atoms with E-state index in [1.807, 2.05) is 6.92 Å². The van der Waals surface area contributed by atoms with Crippen LogP contribution in [0.2, 0.25) is 5.02 Å². The number of carbonyl (C=O) groups excluding carboxylic acids is 1. The summed E-state index contributed by atoms with van der Waals surface area (Å²) in [5, 5.41) is 11.7. The molecule has 0 bridgehead atoms. The molecular formula is C14H18ClNO5S. The molecule has 1 rings (SSSR count). The summed E-state index contributed by atoms with van der Waals surface area (Å²) in [7, 11) is -3.77. The fourth-order valence-electron chi connectivity index (χ4n) is 1.85. The molecule has 1 aromatic carbocycles. The van der Waals surface area contributed by atoms with Crippen molar-refractivity contribution < 1.29 is 23.1 Å². The van der Waals surface area contributed by atoms with Crippen LogP contribution in [0.1, 0.15) is 19.8 Å². The number of nitrogens with one attached hydrogen (secondary N) is 1. The molecule has 1 unspecified atom stereocenters. The van der Waals surface area contributed by atoms with Gasteiger partial charge in [0.1, 0.15) is 5.75 Å². The lowest BCUT2D eigenvalue weighted by Gasteiger charge is -2.12. The molecule has 1 aromatic rings. The summed E-state index contributed by atoms with van der Waals surface area (Å²) in [6.45, 7) is 1.75.